The summed E-state index contributed by atoms with van der Waals surface area (Å²) in [4.78, 5) is 14.7. The number of rotatable bonds is 10. The number of aromatic amines is 1. The Hall–Kier alpha value is -3.82. The summed E-state index contributed by atoms with van der Waals surface area (Å²) in [5.74, 6) is 0.100. The number of nitrogens with two attached hydrogens (primary N) is 1. The number of aromatic nitrogens is 1. The van der Waals surface area contributed by atoms with Crippen LogP contribution >= 0.6 is 0 Å². The van der Waals surface area contributed by atoms with Crippen molar-refractivity contribution < 1.29 is 32.2 Å². The van der Waals surface area contributed by atoms with Gasteiger partial charge in [-0.15, -0.1) is 0 Å². The first kappa shape index (κ1) is 26.2. The summed E-state index contributed by atoms with van der Waals surface area (Å²) in [5, 5.41) is 0.451. The molecule has 0 unspecified atom stereocenters. The normalized spacial score (nSPS) is 11.6. The Morgan fingerprint density at radius 3 is 2.59 bits per heavy atom. The molecule has 9 heteroatoms. The van der Waals surface area contributed by atoms with Crippen LogP contribution in [-0.2, 0) is 35.3 Å². The van der Waals surface area contributed by atoms with Crippen LogP contribution in [0.2, 0.25) is 0 Å². The van der Waals surface area contributed by atoms with E-state index in [1.54, 1.807) is 37.4 Å². The van der Waals surface area contributed by atoms with E-state index in [9.17, 15) is 18.0 Å². The lowest BCUT2D eigenvalue weighted by atomic mass is 9.97. The molecule has 0 aliphatic heterocycles. The maximum absolute atomic E-state index is 13.5. The molecular formula is C28H28F3N2O4+. The number of nitrogens with one attached hydrogen (secondary N) is 1. The monoisotopic (exact) mass is 513 g/mol. The lowest BCUT2D eigenvalue weighted by molar-refractivity contribution is -0.146. The van der Waals surface area contributed by atoms with E-state index in [1.165, 1.54) is 0 Å². The minimum Gasteiger partial charge on any atom is -0.489 e. The summed E-state index contributed by atoms with van der Waals surface area (Å²) in [5.41, 5.74) is 8.88. The second-order valence-corrected chi connectivity index (χ2v) is 8.52. The third kappa shape index (κ3) is 6.49. The zero-order valence-electron chi connectivity index (χ0n) is 20.3. The number of fused-ring (bicyclic) bond motifs is 1. The molecule has 37 heavy (non-hydrogen) atoms. The predicted molar refractivity (Wildman–Crippen MR) is 135 cm³/mol. The molecule has 194 valence electrons. The fraction of sp³-hybridized carbons (Fsp3) is 0.250. The second-order valence-electron chi connectivity index (χ2n) is 8.52. The van der Waals surface area contributed by atoms with Gasteiger partial charge in [-0.05, 0) is 52.6 Å². The quantitative estimate of drug-likeness (QED) is 0.175. The van der Waals surface area contributed by atoms with E-state index in [1.807, 2.05) is 30.3 Å². The van der Waals surface area contributed by atoms with Crippen LogP contribution in [0.15, 0.2) is 66.7 Å². The molecule has 0 saturated carbocycles. The first-order valence-corrected chi connectivity index (χ1v) is 11.7. The number of aliphatic hydroxyl groups is 2. The summed E-state index contributed by atoms with van der Waals surface area (Å²) >= 11 is 0. The van der Waals surface area contributed by atoms with Crippen LogP contribution in [0.3, 0.4) is 0 Å². The van der Waals surface area contributed by atoms with E-state index in [2.05, 4.69) is 9.72 Å². The first-order chi connectivity index (χ1) is 17.8. The SMILES string of the molecule is C[OH+]CCOC(=O)Cc1ccccc1OCc1cc(-c2cccc(CN)c2)c2cc(C(F)(F)F)[nH]c2c1. The van der Waals surface area contributed by atoms with Gasteiger partial charge in [0.15, 0.2) is 13.2 Å². The van der Waals surface area contributed by atoms with Gasteiger partial charge in [-0.1, -0.05) is 36.4 Å². The van der Waals surface area contributed by atoms with Gasteiger partial charge >= 0.3 is 12.1 Å². The van der Waals surface area contributed by atoms with E-state index < -0.39 is 17.8 Å². The molecule has 0 saturated heterocycles. The molecule has 0 radical (unpaired) electrons. The van der Waals surface area contributed by atoms with Gasteiger partial charge in [0.05, 0.1) is 6.42 Å². The summed E-state index contributed by atoms with van der Waals surface area (Å²) in [7, 11) is 1.64. The van der Waals surface area contributed by atoms with Crippen LogP contribution in [0.25, 0.3) is 22.0 Å². The molecule has 4 aromatic rings. The van der Waals surface area contributed by atoms with Crippen molar-refractivity contribution in [1.82, 2.24) is 4.98 Å². The van der Waals surface area contributed by atoms with Crippen molar-refractivity contribution in [1.29, 1.82) is 0 Å². The van der Waals surface area contributed by atoms with Crippen LogP contribution in [-0.4, -0.2) is 36.0 Å². The zero-order chi connectivity index (χ0) is 26.4. The van der Waals surface area contributed by atoms with Gasteiger partial charge < -0.3 is 24.9 Å². The smallest absolute Gasteiger partial charge is 0.431 e. The number of H-pyrrole nitrogens is 1. The van der Waals surface area contributed by atoms with Crippen molar-refractivity contribution in [3.05, 3.63) is 89.1 Å². The molecule has 0 spiro atoms. The fourth-order valence-corrected chi connectivity index (χ4v) is 4.05. The van der Waals surface area contributed by atoms with E-state index in [0.717, 1.165) is 17.2 Å². The van der Waals surface area contributed by atoms with Gasteiger partial charge in [-0.3, -0.25) is 4.79 Å². The number of carbonyl (C=O) groups is 1. The van der Waals surface area contributed by atoms with Crippen LogP contribution < -0.4 is 10.5 Å². The maximum atomic E-state index is 13.5. The van der Waals surface area contributed by atoms with E-state index >= 15 is 0 Å². The highest BCUT2D eigenvalue weighted by molar-refractivity contribution is 5.96. The molecule has 0 aliphatic carbocycles. The minimum atomic E-state index is -4.51. The highest BCUT2D eigenvalue weighted by Gasteiger charge is 2.33. The number of hydrogen-bond acceptors (Lipinski definition) is 4. The molecule has 4 rings (SSSR count). The highest BCUT2D eigenvalue weighted by Crippen LogP contribution is 2.37. The fourth-order valence-electron chi connectivity index (χ4n) is 4.05. The third-order valence-corrected chi connectivity index (χ3v) is 5.86. The Labute approximate surface area is 212 Å². The predicted octanol–water partition coefficient (Wildman–Crippen LogP) is 5.13. The average Bonchev–Trinajstić information content (AvgIpc) is 3.33. The molecule has 0 atom stereocenters. The van der Waals surface area contributed by atoms with Crippen molar-refractivity contribution in [2.75, 3.05) is 20.3 Å². The van der Waals surface area contributed by atoms with Gasteiger partial charge in [-0.25, -0.2) is 0 Å². The van der Waals surface area contributed by atoms with Gasteiger partial charge in [0.1, 0.15) is 25.2 Å². The van der Waals surface area contributed by atoms with Gasteiger partial charge in [0.2, 0.25) is 0 Å². The number of halogens is 3. The van der Waals surface area contributed by atoms with E-state index in [0.29, 0.717) is 46.5 Å². The Morgan fingerprint density at radius 1 is 1.03 bits per heavy atom. The number of benzene rings is 3. The number of hydrogen-bond donors (Lipinski definition) is 2. The van der Waals surface area contributed by atoms with Crippen molar-refractivity contribution in [3.8, 4) is 16.9 Å². The molecular weight excluding hydrogens is 485 g/mol. The average molecular weight is 514 g/mol. The van der Waals surface area contributed by atoms with E-state index in [4.69, 9.17) is 15.2 Å². The van der Waals surface area contributed by atoms with E-state index in [-0.39, 0.29) is 19.6 Å². The van der Waals surface area contributed by atoms with Crippen molar-refractivity contribution >= 4 is 16.9 Å². The molecule has 0 fully saturated rings. The van der Waals surface area contributed by atoms with Crippen LogP contribution in [0.1, 0.15) is 22.4 Å². The number of carbonyl (C=O) groups excluding carboxylic acids is 1. The number of esters is 1. The van der Waals surface area contributed by atoms with Gasteiger partial charge in [0.25, 0.3) is 0 Å². The molecule has 0 amide bonds. The highest BCUT2D eigenvalue weighted by atomic mass is 19.4. The summed E-state index contributed by atoms with van der Waals surface area (Å²) in [6.45, 7) is 1.04. The summed E-state index contributed by atoms with van der Waals surface area (Å²) in [6, 6.07) is 19.1. The molecule has 0 aliphatic rings. The summed E-state index contributed by atoms with van der Waals surface area (Å²) in [6.07, 6.45) is -4.48. The zero-order valence-corrected chi connectivity index (χ0v) is 20.3. The standard InChI is InChI=1S/C28H27F3N2O4/c1-35-9-10-36-27(34)14-21-6-2-3-8-25(21)37-17-19-12-22(20-7-4-5-18(11-20)16-32)23-15-26(28(29,30)31)33-24(23)13-19/h2-8,11-13,15,33H,9-10,14,16-17,32H2,1H3/p+1. The Morgan fingerprint density at radius 2 is 1.84 bits per heavy atom. The minimum absolute atomic E-state index is 0.0294. The largest absolute Gasteiger partial charge is 0.489 e. The number of para-hydroxylation sites is 1. The summed E-state index contributed by atoms with van der Waals surface area (Å²) < 4.78 is 55.5. The van der Waals surface area contributed by atoms with Crippen molar-refractivity contribution in [2.45, 2.75) is 25.7 Å². The van der Waals surface area contributed by atoms with Gasteiger partial charge in [0, 0.05) is 23.0 Å². The lowest BCUT2D eigenvalue weighted by Crippen LogP contribution is -2.13. The molecule has 4 N–H and O–H groups in total. The number of ether oxygens (including phenoxy) is 3. The molecule has 1 aromatic heterocycles. The molecule has 3 aromatic carbocycles. The van der Waals surface area contributed by atoms with Crippen LogP contribution in [0.4, 0.5) is 13.2 Å². The molecule has 0 bridgehead atoms. The lowest BCUT2D eigenvalue weighted by Gasteiger charge is -2.13. The number of alkyl halides is 3. The molecule has 1 heterocycles. The van der Waals surface area contributed by atoms with Gasteiger partial charge in [-0.2, -0.15) is 13.2 Å². The second kappa shape index (κ2) is 11.5. The van der Waals surface area contributed by atoms with Crippen LogP contribution in [0.5, 0.6) is 5.75 Å². The van der Waals surface area contributed by atoms with Crippen molar-refractivity contribution in [2.24, 2.45) is 5.73 Å². The maximum Gasteiger partial charge on any atom is 0.431 e. The Bertz CT molecular complexity index is 1380. The third-order valence-electron chi connectivity index (χ3n) is 5.86. The Balaban J connectivity index is 1.64. The topological polar surface area (TPSA) is 90.1 Å². The Kier molecular flexibility index (Phi) is 8.15. The van der Waals surface area contributed by atoms with Crippen molar-refractivity contribution in [3.63, 3.8) is 0 Å². The van der Waals surface area contributed by atoms with Crippen LogP contribution in [0, 0.1) is 0 Å². The first-order valence-electron chi connectivity index (χ1n) is 11.7. The molecule has 6 nitrogen and oxygen atoms in total.